The quantitative estimate of drug-likeness (QED) is 0.795. The Bertz CT molecular complexity index is 325. The van der Waals surface area contributed by atoms with Crippen LogP contribution in [0.1, 0.15) is 35.9 Å². The van der Waals surface area contributed by atoms with Crippen molar-refractivity contribution in [1.82, 2.24) is 15.0 Å². The van der Waals surface area contributed by atoms with Crippen molar-refractivity contribution in [2.75, 3.05) is 0 Å². The van der Waals surface area contributed by atoms with Crippen molar-refractivity contribution in [2.24, 2.45) is 5.92 Å². The van der Waals surface area contributed by atoms with Gasteiger partial charge in [-0.05, 0) is 37.5 Å². The van der Waals surface area contributed by atoms with Crippen molar-refractivity contribution in [3.63, 3.8) is 0 Å². The Kier molecular flexibility index (Phi) is 3.56. The summed E-state index contributed by atoms with van der Waals surface area (Å²) in [6.07, 6.45) is 2.66. The van der Waals surface area contributed by atoms with Crippen molar-refractivity contribution in [3.8, 4) is 0 Å². The van der Waals surface area contributed by atoms with Gasteiger partial charge in [-0.15, -0.1) is 10.2 Å². The Morgan fingerprint density at radius 1 is 1.60 bits per heavy atom. The van der Waals surface area contributed by atoms with Gasteiger partial charge in [-0.1, -0.05) is 11.3 Å². The average Bonchev–Trinajstić information content (AvgIpc) is 2.58. The molecule has 0 bridgehead atoms. The maximum absolute atomic E-state index is 9.30. The molecule has 2 rings (SSSR count). The Labute approximate surface area is 97.8 Å². The van der Waals surface area contributed by atoms with E-state index < -0.39 is 6.10 Å². The number of nitrogens with one attached hydrogen (secondary N) is 1. The number of hydrogen-bond donors (Lipinski definition) is 2. The molecule has 0 saturated heterocycles. The molecule has 1 aromatic heterocycles. The maximum atomic E-state index is 9.30. The minimum atomic E-state index is -0.505. The highest BCUT2D eigenvalue weighted by Crippen LogP contribution is 2.32. The van der Waals surface area contributed by atoms with Gasteiger partial charge in [0.1, 0.15) is 16.1 Å². The summed E-state index contributed by atoms with van der Waals surface area (Å²) in [6.45, 7) is 1.71. The van der Waals surface area contributed by atoms with Crippen LogP contribution in [-0.2, 0) is 6.42 Å². The summed E-state index contributed by atoms with van der Waals surface area (Å²) in [6, 6.07) is 0.459. The largest absolute Gasteiger partial charge is 0.386 e. The summed E-state index contributed by atoms with van der Waals surface area (Å²) in [5.41, 5.74) is 0. The van der Waals surface area contributed by atoms with Gasteiger partial charge in [-0.2, -0.15) is 0 Å². The zero-order valence-corrected chi connectivity index (χ0v) is 10.1. The number of aliphatic hydroxyl groups is 1. The third-order valence-electron chi connectivity index (χ3n) is 2.69. The molecule has 4 nitrogen and oxygen atoms in total. The monoisotopic (exact) mass is 247 g/mol. The van der Waals surface area contributed by atoms with Crippen molar-refractivity contribution in [3.05, 3.63) is 10.0 Å². The molecule has 1 atom stereocenters. The molecule has 0 amide bonds. The zero-order chi connectivity index (χ0) is 10.8. The molecule has 1 aliphatic rings. The van der Waals surface area contributed by atoms with Crippen molar-refractivity contribution in [1.29, 1.82) is 0 Å². The van der Waals surface area contributed by atoms with Crippen molar-refractivity contribution in [2.45, 2.75) is 38.3 Å². The van der Waals surface area contributed by atoms with Gasteiger partial charge < -0.3 is 5.11 Å². The molecule has 15 heavy (non-hydrogen) atoms. The van der Waals surface area contributed by atoms with Crippen LogP contribution in [-0.4, -0.2) is 21.3 Å². The number of aromatic nitrogens is 2. The predicted octanol–water partition coefficient (Wildman–Crippen LogP) is 1.66. The molecule has 0 aromatic carbocycles. The van der Waals surface area contributed by atoms with Gasteiger partial charge in [0.25, 0.3) is 0 Å². The molecule has 1 aromatic rings. The van der Waals surface area contributed by atoms with Crippen LogP contribution in [0.15, 0.2) is 0 Å². The smallest absolute Gasteiger partial charge is 0.145 e. The summed E-state index contributed by atoms with van der Waals surface area (Å²) in [5.74, 6) is 0.663. The highest BCUT2D eigenvalue weighted by atomic mass is 35.5. The van der Waals surface area contributed by atoms with E-state index in [0.29, 0.717) is 17.0 Å². The zero-order valence-electron chi connectivity index (χ0n) is 8.48. The number of aliphatic hydroxyl groups excluding tert-OH is 1. The molecule has 1 fully saturated rings. The molecule has 1 heterocycles. The van der Waals surface area contributed by atoms with Gasteiger partial charge >= 0.3 is 0 Å². The van der Waals surface area contributed by atoms with Crippen LogP contribution in [0.2, 0.25) is 0 Å². The molecule has 0 aliphatic heterocycles. The van der Waals surface area contributed by atoms with E-state index in [1.807, 2.05) is 0 Å². The number of rotatable bonds is 4. The van der Waals surface area contributed by atoms with Gasteiger partial charge in [0.05, 0.1) is 0 Å². The highest BCUT2D eigenvalue weighted by Gasteiger charge is 2.29. The first-order chi connectivity index (χ1) is 7.19. The highest BCUT2D eigenvalue weighted by molar-refractivity contribution is 7.11. The van der Waals surface area contributed by atoms with E-state index in [4.69, 9.17) is 11.8 Å². The SMILES string of the molecule is C[C@H](O)c1nnc(C[C@H]2C[C@@H](NCl)C2)s1. The minimum Gasteiger partial charge on any atom is -0.386 e. The molecule has 0 unspecified atom stereocenters. The number of halogens is 1. The predicted molar refractivity (Wildman–Crippen MR) is 59.7 cm³/mol. The molecule has 0 spiro atoms. The lowest BCUT2D eigenvalue weighted by Gasteiger charge is -2.33. The van der Waals surface area contributed by atoms with Crippen molar-refractivity contribution < 1.29 is 5.11 Å². The van der Waals surface area contributed by atoms with E-state index in [-0.39, 0.29) is 0 Å². The third kappa shape index (κ3) is 2.66. The van der Waals surface area contributed by atoms with Crippen LogP contribution in [0, 0.1) is 5.92 Å². The summed E-state index contributed by atoms with van der Waals surface area (Å²) in [7, 11) is 0. The fourth-order valence-electron chi connectivity index (χ4n) is 1.76. The van der Waals surface area contributed by atoms with Gasteiger partial charge in [0, 0.05) is 12.5 Å². The normalized spacial score (nSPS) is 27.4. The first-order valence-electron chi connectivity index (χ1n) is 5.05. The summed E-state index contributed by atoms with van der Waals surface area (Å²) in [4.78, 5) is 2.74. The van der Waals surface area contributed by atoms with E-state index in [9.17, 15) is 5.11 Å². The van der Waals surface area contributed by atoms with E-state index in [1.54, 1.807) is 6.92 Å². The summed E-state index contributed by atoms with van der Waals surface area (Å²) < 4.78 is 0. The third-order valence-corrected chi connectivity index (χ3v) is 4.12. The molecular formula is C9H14ClN3OS. The second-order valence-electron chi connectivity index (χ2n) is 4.06. The first-order valence-corrected chi connectivity index (χ1v) is 6.25. The van der Waals surface area contributed by atoms with Crippen molar-refractivity contribution >= 4 is 23.1 Å². The van der Waals surface area contributed by atoms with Crippen LogP contribution >= 0.6 is 23.1 Å². The van der Waals surface area contributed by atoms with E-state index in [1.165, 1.54) is 11.3 Å². The molecular weight excluding hydrogens is 234 g/mol. The first kappa shape index (κ1) is 11.3. The maximum Gasteiger partial charge on any atom is 0.145 e. The molecule has 6 heteroatoms. The van der Waals surface area contributed by atoms with Crippen LogP contribution in [0.25, 0.3) is 0 Å². The van der Waals surface area contributed by atoms with E-state index in [2.05, 4.69) is 15.0 Å². The molecule has 2 N–H and O–H groups in total. The standard InChI is InChI=1S/C9H14ClN3OS/c1-5(14)9-13-12-8(15-9)4-6-2-7(3-6)11-10/h5-7,11,14H,2-4H2,1H3/t5-,6-,7+/m0/s1. The van der Waals surface area contributed by atoms with Crippen LogP contribution in [0.3, 0.4) is 0 Å². The average molecular weight is 248 g/mol. The lowest BCUT2D eigenvalue weighted by atomic mass is 9.79. The van der Waals surface area contributed by atoms with Crippen LogP contribution in [0.5, 0.6) is 0 Å². The number of hydrogen-bond acceptors (Lipinski definition) is 5. The Hall–Kier alpha value is -0.230. The Balaban J connectivity index is 1.84. The summed E-state index contributed by atoms with van der Waals surface area (Å²) in [5, 5.41) is 19.0. The Morgan fingerprint density at radius 2 is 2.33 bits per heavy atom. The van der Waals surface area contributed by atoms with E-state index in [0.717, 1.165) is 24.3 Å². The lowest BCUT2D eigenvalue weighted by Crippen LogP contribution is -2.37. The molecule has 1 aliphatic carbocycles. The lowest BCUT2D eigenvalue weighted by molar-refractivity contribution is 0.198. The van der Waals surface area contributed by atoms with E-state index >= 15 is 0 Å². The second-order valence-corrected chi connectivity index (χ2v) is 5.37. The van der Waals surface area contributed by atoms with Crippen LogP contribution in [0.4, 0.5) is 0 Å². The van der Waals surface area contributed by atoms with Gasteiger partial charge in [0.2, 0.25) is 0 Å². The topological polar surface area (TPSA) is 58.0 Å². The van der Waals surface area contributed by atoms with Gasteiger partial charge in [-0.25, -0.2) is 4.84 Å². The van der Waals surface area contributed by atoms with Gasteiger partial charge in [0.15, 0.2) is 0 Å². The number of nitrogens with zero attached hydrogens (tertiary/aromatic N) is 2. The fraction of sp³-hybridized carbons (Fsp3) is 0.778. The summed E-state index contributed by atoms with van der Waals surface area (Å²) >= 11 is 7.01. The second kappa shape index (κ2) is 4.74. The molecule has 84 valence electrons. The molecule has 1 saturated carbocycles. The fourth-order valence-corrected chi connectivity index (χ4v) is 2.83. The van der Waals surface area contributed by atoms with Crippen LogP contribution < -0.4 is 4.84 Å². The molecule has 0 radical (unpaired) electrons. The Morgan fingerprint density at radius 3 is 2.87 bits per heavy atom. The minimum absolute atomic E-state index is 0.459. The van der Waals surface area contributed by atoms with Gasteiger partial charge in [-0.3, -0.25) is 0 Å².